The maximum atomic E-state index is 12.4. The predicted octanol–water partition coefficient (Wildman–Crippen LogP) is 1.98. The van der Waals surface area contributed by atoms with E-state index < -0.39 is 0 Å². The molecule has 1 aromatic heterocycles. The molecule has 1 atom stereocenters. The molecule has 138 valence electrons. The molecule has 2 fully saturated rings. The van der Waals surface area contributed by atoms with E-state index in [4.69, 9.17) is 4.42 Å². The molecule has 0 aliphatic carbocycles. The number of carbonyl (C=O) groups is 2. The van der Waals surface area contributed by atoms with Crippen molar-refractivity contribution in [1.29, 1.82) is 0 Å². The number of nitrogens with zero attached hydrogens (tertiary/aromatic N) is 2. The number of rotatable bonds is 5. The van der Waals surface area contributed by atoms with Crippen molar-refractivity contribution in [2.24, 2.45) is 11.8 Å². The first-order valence-electron chi connectivity index (χ1n) is 9.45. The largest absolute Gasteiger partial charge is 0.472 e. The van der Waals surface area contributed by atoms with Gasteiger partial charge in [0.2, 0.25) is 5.91 Å². The highest BCUT2D eigenvalue weighted by atomic mass is 16.3. The topological polar surface area (TPSA) is 65.8 Å². The van der Waals surface area contributed by atoms with Crippen LogP contribution in [0, 0.1) is 11.8 Å². The molecule has 0 spiro atoms. The molecule has 6 heteroatoms. The zero-order valence-electron chi connectivity index (χ0n) is 15.1. The highest BCUT2D eigenvalue weighted by Gasteiger charge is 2.28. The molecule has 6 nitrogen and oxygen atoms in total. The summed E-state index contributed by atoms with van der Waals surface area (Å²) < 4.78 is 4.97. The minimum absolute atomic E-state index is 0.00757. The molecule has 1 N–H and O–H groups in total. The summed E-state index contributed by atoms with van der Waals surface area (Å²) in [5.41, 5.74) is 0.582. The van der Waals surface area contributed by atoms with Crippen LogP contribution in [0.2, 0.25) is 0 Å². The van der Waals surface area contributed by atoms with Gasteiger partial charge in [-0.2, -0.15) is 0 Å². The van der Waals surface area contributed by atoms with E-state index in [1.54, 1.807) is 6.07 Å². The molecule has 1 aromatic rings. The number of hydrogen-bond donors (Lipinski definition) is 1. The maximum absolute atomic E-state index is 12.4. The van der Waals surface area contributed by atoms with Gasteiger partial charge in [-0.05, 0) is 44.2 Å². The average Bonchev–Trinajstić information content (AvgIpc) is 3.16. The Morgan fingerprint density at radius 2 is 2.04 bits per heavy atom. The monoisotopic (exact) mass is 347 g/mol. The van der Waals surface area contributed by atoms with Crippen LogP contribution >= 0.6 is 0 Å². The molecule has 2 amide bonds. The van der Waals surface area contributed by atoms with E-state index in [-0.39, 0.29) is 17.7 Å². The van der Waals surface area contributed by atoms with Gasteiger partial charge in [-0.3, -0.25) is 9.59 Å². The molecular weight excluding hydrogens is 318 g/mol. The number of nitrogens with one attached hydrogen (secondary N) is 1. The maximum Gasteiger partial charge on any atom is 0.257 e. The fraction of sp³-hybridized carbons (Fsp3) is 0.684. The summed E-state index contributed by atoms with van der Waals surface area (Å²) in [5.74, 6) is 0.919. The number of furan rings is 1. The predicted molar refractivity (Wildman–Crippen MR) is 95.2 cm³/mol. The molecule has 2 saturated heterocycles. The third kappa shape index (κ3) is 4.84. The summed E-state index contributed by atoms with van der Waals surface area (Å²) in [5, 5.41) is 3.09. The lowest BCUT2D eigenvalue weighted by Gasteiger charge is -2.32. The van der Waals surface area contributed by atoms with E-state index >= 15 is 0 Å². The van der Waals surface area contributed by atoms with Crippen molar-refractivity contribution in [2.75, 3.05) is 39.3 Å². The first kappa shape index (κ1) is 18.0. The Morgan fingerprint density at radius 1 is 1.24 bits per heavy atom. The zero-order valence-corrected chi connectivity index (χ0v) is 15.1. The van der Waals surface area contributed by atoms with Gasteiger partial charge in [-0.25, -0.2) is 0 Å². The SMILES string of the molecule is CC1CCCN(CCNC(=O)C2CCN(C(=O)c3ccoc3)CC2)C1. The van der Waals surface area contributed by atoms with Crippen molar-refractivity contribution >= 4 is 11.8 Å². The molecule has 0 aromatic carbocycles. The highest BCUT2D eigenvalue weighted by Crippen LogP contribution is 2.19. The number of likely N-dealkylation sites (tertiary alicyclic amines) is 2. The van der Waals surface area contributed by atoms with Gasteiger partial charge in [0.1, 0.15) is 6.26 Å². The summed E-state index contributed by atoms with van der Waals surface area (Å²) >= 11 is 0. The smallest absolute Gasteiger partial charge is 0.257 e. The Morgan fingerprint density at radius 3 is 2.72 bits per heavy atom. The fourth-order valence-corrected chi connectivity index (χ4v) is 3.88. The molecule has 3 heterocycles. The minimum Gasteiger partial charge on any atom is -0.472 e. The Balaban J connectivity index is 1.36. The molecule has 0 bridgehead atoms. The summed E-state index contributed by atoms with van der Waals surface area (Å²) in [6.45, 7) is 7.51. The second-order valence-corrected chi connectivity index (χ2v) is 7.42. The normalized spacial score (nSPS) is 22.8. The van der Waals surface area contributed by atoms with Gasteiger partial charge in [-0.1, -0.05) is 6.92 Å². The van der Waals surface area contributed by atoms with Gasteiger partial charge >= 0.3 is 0 Å². The van der Waals surface area contributed by atoms with Crippen LogP contribution in [0.3, 0.4) is 0 Å². The van der Waals surface area contributed by atoms with Crippen molar-refractivity contribution in [3.05, 3.63) is 24.2 Å². The van der Waals surface area contributed by atoms with Crippen LogP contribution in [0.1, 0.15) is 43.0 Å². The molecule has 2 aliphatic rings. The van der Waals surface area contributed by atoms with Crippen molar-refractivity contribution in [3.63, 3.8) is 0 Å². The van der Waals surface area contributed by atoms with E-state index in [2.05, 4.69) is 17.1 Å². The Bertz CT molecular complexity index is 564. The molecular formula is C19H29N3O3. The van der Waals surface area contributed by atoms with Crippen molar-refractivity contribution in [3.8, 4) is 0 Å². The van der Waals surface area contributed by atoms with Crippen LogP contribution in [0.25, 0.3) is 0 Å². The first-order chi connectivity index (χ1) is 12.1. The zero-order chi connectivity index (χ0) is 17.6. The van der Waals surface area contributed by atoms with Gasteiger partial charge in [0.25, 0.3) is 5.91 Å². The number of amides is 2. The fourth-order valence-electron chi connectivity index (χ4n) is 3.88. The van der Waals surface area contributed by atoms with Gasteiger partial charge in [0, 0.05) is 38.6 Å². The van der Waals surface area contributed by atoms with Crippen LogP contribution in [0.15, 0.2) is 23.0 Å². The summed E-state index contributed by atoms with van der Waals surface area (Å²) in [6, 6.07) is 1.68. The first-order valence-corrected chi connectivity index (χ1v) is 9.45. The molecule has 0 saturated carbocycles. The van der Waals surface area contributed by atoms with Crippen molar-refractivity contribution in [1.82, 2.24) is 15.1 Å². The van der Waals surface area contributed by atoms with Gasteiger partial charge in [0.15, 0.2) is 0 Å². The lowest BCUT2D eigenvalue weighted by molar-refractivity contribution is -0.126. The van der Waals surface area contributed by atoms with Crippen LogP contribution < -0.4 is 5.32 Å². The molecule has 25 heavy (non-hydrogen) atoms. The van der Waals surface area contributed by atoms with E-state index in [0.717, 1.165) is 44.9 Å². The lowest BCUT2D eigenvalue weighted by atomic mass is 9.95. The average molecular weight is 347 g/mol. The van der Waals surface area contributed by atoms with Crippen LogP contribution in [0.5, 0.6) is 0 Å². The van der Waals surface area contributed by atoms with Gasteiger partial charge < -0.3 is 19.5 Å². The van der Waals surface area contributed by atoms with Crippen molar-refractivity contribution in [2.45, 2.75) is 32.6 Å². The van der Waals surface area contributed by atoms with Gasteiger partial charge in [-0.15, -0.1) is 0 Å². The Labute approximate surface area is 149 Å². The van der Waals surface area contributed by atoms with Crippen LogP contribution in [-0.4, -0.2) is 60.9 Å². The minimum atomic E-state index is -0.00757. The standard InChI is InChI=1S/C19H29N3O3/c1-15-3-2-8-21(13-15)11-7-20-18(23)16-4-9-22(10-5-16)19(24)17-6-12-25-14-17/h6,12,14-16H,2-5,7-11,13H2,1H3,(H,20,23). The summed E-state index contributed by atoms with van der Waals surface area (Å²) in [6.07, 6.45) is 7.03. The third-order valence-corrected chi connectivity index (χ3v) is 5.39. The second-order valence-electron chi connectivity index (χ2n) is 7.42. The number of carbonyl (C=O) groups excluding carboxylic acids is 2. The number of piperidine rings is 2. The van der Waals surface area contributed by atoms with Crippen LogP contribution in [0.4, 0.5) is 0 Å². The van der Waals surface area contributed by atoms with E-state index in [0.29, 0.717) is 18.7 Å². The summed E-state index contributed by atoms with van der Waals surface area (Å²) in [7, 11) is 0. The third-order valence-electron chi connectivity index (χ3n) is 5.39. The molecule has 0 radical (unpaired) electrons. The number of hydrogen-bond acceptors (Lipinski definition) is 4. The molecule has 3 rings (SSSR count). The van der Waals surface area contributed by atoms with Crippen molar-refractivity contribution < 1.29 is 14.0 Å². The second kappa shape index (κ2) is 8.52. The highest BCUT2D eigenvalue weighted by molar-refractivity contribution is 5.94. The quantitative estimate of drug-likeness (QED) is 0.884. The molecule has 2 aliphatic heterocycles. The van der Waals surface area contributed by atoms with E-state index in [1.165, 1.54) is 25.4 Å². The molecule has 1 unspecified atom stereocenters. The van der Waals surface area contributed by atoms with E-state index in [9.17, 15) is 9.59 Å². The van der Waals surface area contributed by atoms with E-state index in [1.807, 2.05) is 4.90 Å². The Kier molecular flexibility index (Phi) is 6.13. The summed E-state index contributed by atoms with van der Waals surface area (Å²) in [4.78, 5) is 28.9. The Hall–Kier alpha value is -1.82. The lowest BCUT2D eigenvalue weighted by Crippen LogP contribution is -2.45. The van der Waals surface area contributed by atoms with Crippen LogP contribution in [-0.2, 0) is 4.79 Å². The van der Waals surface area contributed by atoms with Gasteiger partial charge in [0.05, 0.1) is 11.8 Å².